The summed E-state index contributed by atoms with van der Waals surface area (Å²) in [5.74, 6) is 0.524. The SMILES string of the molecule is COCC(C)CC(N)Cc1c(C)cc(C)cc1C. The molecule has 0 bridgehead atoms. The molecule has 0 spiro atoms. The van der Waals surface area contributed by atoms with Gasteiger partial charge in [0.2, 0.25) is 0 Å². The fraction of sp³-hybridized carbons (Fsp3) is 0.625. The Balaban J connectivity index is 2.67. The van der Waals surface area contributed by atoms with Gasteiger partial charge >= 0.3 is 0 Å². The van der Waals surface area contributed by atoms with E-state index >= 15 is 0 Å². The molecule has 1 aromatic carbocycles. The predicted octanol–water partition coefficient (Wildman–Crippen LogP) is 3.15. The van der Waals surface area contributed by atoms with Crippen molar-refractivity contribution in [2.75, 3.05) is 13.7 Å². The first-order valence-electron chi connectivity index (χ1n) is 6.75. The first kappa shape index (κ1) is 15.2. The van der Waals surface area contributed by atoms with Crippen LogP contribution < -0.4 is 5.73 Å². The molecule has 0 saturated carbocycles. The third-order valence-electron chi connectivity index (χ3n) is 3.46. The molecular formula is C16H27NO. The molecule has 2 heteroatoms. The maximum Gasteiger partial charge on any atom is 0.0488 e. The van der Waals surface area contributed by atoms with Crippen molar-refractivity contribution >= 4 is 0 Å². The summed E-state index contributed by atoms with van der Waals surface area (Å²) in [6.45, 7) is 9.49. The summed E-state index contributed by atoms with van der Waals surface area (Å²) in [6, 6.07) is 4.71. The molecule has 0 heterocycles. The number of nitrogens with two attached hydrogens (primary N) is 1. The molecule has 0 aliphatic heterocycles. The quantitative estimate of drug-likeness (QED) is 0.840. The van der Waals surface area contributed by atoms with Crippen LogP contribution >= 0.6 is 0 Å². The Bertz CT molecular complexity index is 364. The second-order valence-electron chi connectivity index (χ2n) is 5.64. The second-order valence-corrected chi connectivity index (χ2v) is 5.64. The van der Waals surface area contributed by atoms with E-state index < -0.39 is 0 Å². The van der Waals surface area contributed by atoms with Gasteiger partial charge < -0.3 is 10.5 Å². The van der Waals surface area contributed by atoms with E-state index in [-0.39, 0.29) is 6.04 Å². The van der Waals surface area contributed by atoms with Crippen molar-refractivity contribution < 1.29 is 4.74 Å². The summed E-state index contributed by atoms with van der Waals surface area (Å²) in [5.41, 5.74) is 11.7. The van der Waals surface area contributed by atoms with Gasteiger partial charge in [-0.15, -0.1) is 0 Å². The van der Waals surface area contributed by atoms with Crippen molar-refractivity contribution in [3.8, 4) is 0 Å². The zero-order chi connectivity index (χ0) is 13.7. The topological polar surface area (TPSA) is 35.2 Å². The van der Waals surface area contributed by atoms with Crippen molar-refractivity contribution in [1.82, 2.24) is 0 Å². The summed E-state index contributed by atoms with van der Waals surface area (Å²) in [5, 5.41) is 0. The zero-order valence-corrected chi connectivity index (χ0v) is 12.4. The van der Waals surface area contributed by atoms with Crippen molar-refractivity contribution in [2.45, 2.75) is 46.6 Å². The Morgan fingerprint density at radius 1 is 1.17 bits per heavy atom. The van der Waals surface area contributed by atoms with Gasteiger partial charge in [0.25, 0.3) is 0 Å². The van der Waals surface area contributed by atoms with Crippen LogP contribution in [0.4, 0.5) is 0 Å². The number of ether oxygens (including phenoxy) is 1. The van der Waals surface area contributed by atoms with Crippen LogP contribution in [0, 0.1) is 26.7 Å². The number of hydrogen-bond donors (Lipinski definition) is 1. The Morgan fingerprint density at radius 3 is 2.22 bits per heavy atom. The first-order chi connectivity index (χ1) is 8.43. The molecule has 2 N–H and O–H groups in total. The summed E-state index contributed by atoms with van der Waals surface area (Å²) < 4.78 is 5.16. The molecule has 0 amide bonds. The van der Waals surface area contributed by atoms with Crippen LogP contribution in [0.5, 0.6) is 0 Å². The van der Waals surface area contributed by atoms with E-state index in [1.54, 1.807) is 7.11 Å². The van der Waals surface area contributed by atoms with Crippen LogP contribution in [0.15, 0.2) is 12.1 Å². The number of rotatable bonds is 6. The molecule has 102 valence electrons. The van der Waals surface area contributed by atoms with Crippen LogP contribution in [0.1, 0.15) is 35.6 Å². The molecule has 18 heavy (non-hydrogen) atoms. The summed E-state index contributed by atoms with van der Waals surface area (Å²) in [4.78, 5) is 0. The van der Waals surface area contributed by atoms with E-state index in [0.29, 0.717) is 5.92 Å². The lowest BCUT2D eigenvalue weighted by atomic mass is 9.91. The minimum atomic E-state index is 0.218. The van der Waals surface area contributed by atoms with Crippen molar-refractivity contribution in [3.63, 3.8) is 0 Å². The molecule has 0 aliphatic rings. The molecule has 0 saturated heterocycles. The van der Waals surface area contributed by atoms with Gasteiger partial charge in [0.15, 0.2) is 0 Å². The molecule has 1 aromatic rings. The molecule has 1 rings (SSSR count). The van der Waals surface area contributed by atoms with Gasteiger partial charge in [0, 0.05) is 19.8 Å². The van der Waals surface area contributed by atoms with Crippen molar-refractivity contribution in [2.24, 2.45) is 11.7 Å². The molecule has 0 aromatic heterocycles. The smallest absolute Gasteiger partial charge is 0.0488 e. The molecule has 0 radical (unpaired) electrons. The van der Waals surface area contributed by atoms with E-state index in [1.807, 2.05) is 0 Å². The van der Waals surface area contributed by atoms with E-state index in [9.17, 15) is 0 Å². The predicted molar refractivity (Wildman–Crippen MR) is 78.0 cm³/mol. The lowest BCUT2D eigenvalue weighted by Crippen LogP contribution is -2.27. The third-order valence-corrected chi connectivity index (χ3v) is 3.46. The number of hydrogen-bond acceptors (Lipinski definition) is 2. The summed E-state index contributed by atoms with van der Waals surface area (Å²) in [7, 11) is 1.75. The highest BCUT2D eigenvalue weighted by atomic mass is 16.5. The highest BCUT2D eigenvalue weighted by Crippen LogP contribution is 2.19. The number of methoxy groups -OCH3 is 1. The average Bonchev–Trinajstić information content (AvgIpc) is 2.23. The Labute approximate surface area is 112 Å². The van der Waals surface area contributed by atoms with Crippen molar-refractivity contribution in [3.05, 3.63) is 34.4 Å². The van der Waals surface area contributed by atoms with Crippen LogP contribution in [0.3, 0.4) is 0 Å². The lowest BCUT2D eigenvalue weighted by Gasteiger charge is -2.19. The van der Waals surface area contributed by atoms with Crippen LogP contribution in [-0.4, -0.2) is 19.8 Å². The highest BCUT2D eigenvalue weighted by Gasteiger charge is 2.12. The van der Waals surface area contributed by atoms with Crippen molar-refractivity contribution in [1.29, 1.82) is 0 Å². The maximum absolute atomic E-state index is 6.26. The Morgan fingerprint density at radius 2 is 1.72 bits per heavy atom. The summed E-state index contributed by atoms with van der Waals surface area (Å²) >= 11 is 0. The number of benzene rings is 1. The molecular weight excluding hydrogens is 222 g/mol. The molecule has 0 aliphatic carbocycles. The van der Waals surface area contributed by atoms with Gasteiger partial charge in [0.05, 0.1) is 0 Å². The molecule has 2 atom stereocenters. The highest BCUT2D eigenvalue weighted by molar-refractivity contribution is 5.37. The monoisotopic (exact) mass is 249 g/mol. The van der Waals surface area contributed by atoms with E-state index in [2.05, 4.69) is 39.8 Å². The van der Waals surface area contributed by atoms with Gasteiger partial charge in [-0.1, -0.05) is 24.6 Å². The van der Waals surface area contributed by atoms with Gasteiger partial charge in [-0.2, -0.15) is 0 Å². The minimum Gasteiger partial charge on any atom is -0.384 e. The minimum absolute atomic E-state index is 0.218. The fourth-order valence-electron chi connectivity index (χ4n) is 2.75. The van der Waals surface area contributed by atoms with E-state index in [4.69, 9.17) is 10.5 Å². The normalized spacial score (nSPS) is 14.6. The standard InChI is InChI=1S/C16H27NO/c1-11-6-13(3)16(14(4)7-11)9-15(17)8-12(2)10-18-5/h6-7,12,15H,8-10,17H2,1-5H3. The first-order valence-corrected chi connectivity index (χ1v) is 6.75. The van der Waals surface area contributed by atoms with Crippen LogP contribution in [0.2, 0.25) is 0 Å². The summed E-state index contributed by atoms with van der Waals surface area (Å²) in [6.07, 6.45) is 1.98. The van der Waals surface area contributed by atoms with Gasteiger partial charge in [-0.3, -0.25) is 0 Å². The van der Waals surface area contributed by atoms with Crippen LogP contribution in [-0.2, 0) is 11.2 Å². The lowest BCUT2D eigenvalue weighted by molar-refractivity contribution is 0.152. The largest absolute Gasteiger partial charge is 0.384 e. The molecule has 0 fully saturated rings. The maximum atomic E-state index is 6.26. The fourth-order valence-corrected chi connectivity index (χ4v) is 2.75. The third kappa shape index (κ3) is 4.43. The van der Waals surface area contributed by atoms with Gasteiger partial charge in [-0.05, 0) is 56.2 Å². The van der Waals surface area contributed by atoms with E-state index in [1.165, 1.54) is 22.3 Å². The second kappa shape index (κ2) is 6.91. The van der Waals surface area contributed by atoms with Gasteiger partial charge in [-0.25, -0.2) is 0 Å². The Kier molecular flexibility index (Phi) is 5.83. The average molecular weight is 249 g/mol. The number of aryl methyl sites for hydroxylation is 3. The molecule has 2 nitrogen and oxygen atoms in total. The van der Waals surface area contributed by atoms with Crippen LogP contribution in [0.25, 0.3) is 0 Å². The van der Waals surface area contributed by atoms with Gasteiger partial charge in [0.1, 0.15) is 0 Å². The zero-order valence-electron chi connectivity index (χ0n) is 12.4. The Hall–Kier alpha value is -0.860. The van der Waals surface area contributed by atoms with E-state index in [0.717, 1.165) is 19.4 Å². The molecule has 2 unspecified atom stereocenters.